The number of amides is 2. The zero-order chi connectivity index (χ0) is 24.1. The summed E-state index contributed by atoms with van der Waals surface area (Å²) in [6, 6.07) is 6.82. The highest BCUT2D eigenvalue weighted by Gasteiger charge is 2.28. The largest absolute Gasteiger partial charge is 0.496 e. The molecule has 32 heavy (non-hydrogen) atoms. The quantitative estimate of drug-likeness (QED) is 0.618. The van der Waals surface area contributed by atoms with Crippen molar-refractivity contribution in [2.75, 3.05) is 19.0 Å². The van der Waals surface area contributed by atoms with Gasteiger partial charge < -0.3 is 20.1 Å². The fraction of sp³-hybridized carbons (Fsp3) is 0.409. The molecule has 0 aliphatic heterocycles. The van der Waals surface area contributed by atoms with E-state index in [-0.39, 0.29) is 28.9 Å². The van der Waals surface area contributed by atoms with Crippen molar-refractivity contribution in [3.8, 4) is 11.5 Å². The minimum atomic E-state index is -4.48. The van der Waals surface area contributed by atoms with E-state index in [0.717, 1.165) is 0 Å². The van der Waals surface area contributed by atoms with Crippen LogP contribution in [0.1, 0.15) is 48.4 Å². The van der Waals surface area contributed by atoms with Gasteiger partial charge in [-0.15, -0.1) is 0 Å². The SMILES string of the molecule is COc1cc(OCC(F)(F)F)ccc1C(=O)NC(C)c1cc(C)nc(NC(=O)C(C)C)c1. The molecule has 2 aromatic rings. The van der Waals surface area contributed by atoms with Gasteiger partial charge in [-0.05, 0) is 43.7 Å². The van der Waals surface area contributed by atoms with Crippen molar-refractivity contribution in [2.24, 2.45) is 5.92 Å². The average Bonchev–Trinajstić information content (AvgIpc) is 2.70. The number of nitrogens with one attached hydrogen (secondary N) is 2. The van der Waals surface area contributed by atoms with Crippen LogP contribution in [0.2, 0.25) is 0 Å². The number of alkyl halides is 3. The molecule has 7 nitrogen and oxygen atoms in total. The molecule has 0 saturated carbocycles. The molecule has 2 N–H and O–H groups in total. The van der Waals surface area contributed by atoms with Gasteiger partial charge in [-0.1, -0.05) is 13.8 Å². The Morgan fingerprint density at radius 3 is 2.41 bits per heavy atom. The maximum absolute atomic E-state index is 12.8. The summed E-state index contributed by atoms with van der Waals surface area (Å²) >= 11 is 0. The lowest BCUT2D eigenvalue weighted by molar-refractivity contribution is -0.153. The van der Waals surface area contributed by atoms with E-state index in [4.69, 9.17) is 9.47 Å². The first kappa shape index (κ1) is 25.0. The average molecular weight is 453 g/mol. The Labute approximate surface area is 184 Å². The predicted octanol–water partition coefficient (Wildman–Crippen LogP) is 4.43. The van der Waals surface area contributed by atoms with E-state index in [0.29, 0.717) is 17.1 Å². The van der Waals surface area contributed by atoms with Gasteiger partial charge in [0.2, 0.25) is 5.91 Å². The molecule has 0 aliphatic rings. The van der Waals surface area contributed by atoms with Crippen LogP contribution in [-0.4, -0.2) is 36.7 Å². The van der Waals surface area contributed by atoms with E-state index < -0.39 is 24.7 Å². The Morgan fingerprint density at radius 2 is 1.81 bits per heavy atom. The number of carbonyl (C=O) groups is 2. The maximum atomic E-state index is 12.8. The van der Waals surface area contributed by atoms with Gasteiger partial charge in [0.25, 0.3) is 5.91 Å². The number of halogens is 3. The van der Waals surface area contributed by atoms with E-state index in [2.05, 4.69) is 15.6 Å². The number of aryl methyl sites for hydroxylation is 1. The first-order chi connectivity index (χ1) is 14.9. The lowest BCUT2D eigenvalue weighted by Crippen LogP contribution is -2.27. The molecule has 1 aromatic heterocycles. The van der Waals surface area contributed by atoms with E-state index >= 15 is 0 Å². The summed E-state index contributed by atoms with van der Waals surface area (Å²) in [5.74, 6) is -0.497. The summed E-state index contributed by atoms with van der Waals surface area (Å²) in [6.45, 7) is 5.61. The zero-order valence-corrected chi connectivity index (χ0v) is 18.5. The van der Waals surface area contributed by atoms with Crippen molar-refractivity contribution in [3.63, 3.8) is 0 Å². The summed E-state index contributed by atoms with van der Waals surface area (Å²) in [6.07, 6.45) is -4.48. The molecule has 0 fully saturated rings. The molecular formula is C22H26F3N3O4. The number of anilines is 1. The molecule has 0 saturated heterocycles. The molecule has 1 atom stereocenters. The van der Waals surface area contributed by atoms with Gasteiger partial charge in [-0.3, -0.25) is 9.59 Å². The second kappa shape index (κ2) is 10.3. The third-order valence-electron chi connectivity index (χ3n) is 4.42. The molecule has 2 rings (SSSR count). The van der Waals surface area contributed by atoms with Crippen LogP contribution < -0.4 is 20.1 Å². The second-order valence-electron chi connectivity index (χ2n) is 7.53. The number of benzene rings is 1. The summed E-state index contributed by atoms with van der Waals surface area (Å²) in [4.78, 5) is 29.0. The number of nitrogens with zero attached hydrogens (tertiary/aromatic N) is 1. The predicted molar refractivity (Wildman–Crippen MR) is 113 cm³/mol. The van der Waals surface area contributed by atoms with Gasteiger partial charge in [0.15, 0.2) is 6.61 Å². The molecule has 1 aromatic carbocycles. The summed E-state index contributed by atoms with van der Waals surface area (Å²) in [7, 11) is 1.30. The Hall–Kier alpha value is -3.30. The Bertz CT molecular complexity index is 977. The van der Waals surface area contributed by atoms with Crippen LogP contribution in [0.15, 0.2) is 30.3 Å². The molecule has 1 heterocycles. The number of aromatic nitrogens is 1. The molecule has 2 amide bonds. The highest BCUT2D eigenvalue weighted by Crippen LogP contribution is 2.27. The molecule has 1 unspecified atom stereocenters. The van der Waals surface area contributed by atoms with Crippen molar-refractivity contribution in [2.45, 2.75) is 39.9 Å². The van der Waals surface area contributed by atoms with Crippen LogP contribution >= 0.6 is 0 Å². The third kappa shape index (κ3) is 7.14. The van der Waals surface area contributed by atoms with E-state index in [1.807, 2.05) is 0 Å². The van der Waals surface area contributed by atoms with Crippen LogP contribution in [0.5, 0.6) is 11.5 Å². The lowest BCUT2D eigenvalue weighted by Gasteiger charge is -2.18. The van der Waals surface area contributed by atoms with E-state index in [1.165, 1.54) is 25.3 Å². The lowest BCUT2D eigenvalue weighted by atomic mass is 10.1. The van der Waals surface area contributed by atoms with Gasteiger partial charge >= 0.3 is 6.18 Å². The molecule has 0 bridgehead atoms. The topological polar surface area (TPSA) is 89.6 Å². The second-order valence-corrected chi connectivity index (χ2v) is 7.53. The van der Waals surface area contributed by atoms with E-state index in [1.54, 1.807) is 39.8 Å². The number of hydrogen-bond acceptors (Lipinski definition) is 5. The number of rotatable bonds is 8. The van der Waals surface area contributed by atoms with Gasteiger partial charge in [0.05, 0.1) is 18.7 Å². The van der Waals surface area contributed by atoms with Crippen molar-refractivity contribution < 1.29 is 32.2 Å². The normalized spacial score (nSPS) is 12.3. The summed E-state index contributed by atoms with van der Waals surface area (Å²) < 4.78 is 46.9. The fourth-order valence-electron chi connectivity index (χ4n) is 2.75. The molecule has 0 radical (unpaired) electrons. The summed E-state index contributed by atoms with van der Waals surface area (Å²) in [5, 5.41) is 5.55. The Balaban J connectivity index is 2.16. The van der Waals surface area contributed by atoms with Gasteiger partial charge in [-0.2, -0.15) is 13.2 Å². The smallest absolute Gasteiger partial charge is 0.422 e. The minimum absolute atomic E-state index is 0.0703. The molecular weight excluding hydrogens is 427 g/mol. The molecule has 10 heteroatoms. The number of carbonyl (C=O) groups excluding carboxylic acids is 2. The Kier molecular flexibility index (Phi) is 8.07. The maximum Gasteiger partial charge on any atom is 0.422 e. The van der Waals surface area contributed by atoms with Crippen LogP contribution in [0.4, 0.5) is 19.0 Å². The van der Waals surface area contributed by atoms with Crippen LogP contribution in [-0.2, 0) is 4.79 Å². The first-order valence-electron chi connectivity index (χ1n) is 9.87. The Morgan fingerprint density at radius 1 is 1.12 bits per heavy atom. The molecule has 0 spiro atoms. The third-order valence-corrected chi connectivity index (χ3v) is 4.42. The molecule has 0 aliphatic carbocycles. The number of hydrogen-bond donors (Lipinski definition) is 2. The minimum Gasteiger partial charge on any atom is -0.496 e. The van der Waals surface area contributed by atoms with Crippen molar-refractivity contribution in [1.29, 1.82) is 0 Å². The fourth-order valence-corrected chi connectivity index (χ4v) is 2.75. The van der Waals surface area contributed by atoms with Crippen LogP contribution in [0, 0.1) is 12.8 Å². The van der Waals surface area contributed by atoms with Crippen LogP contribution in [0.3, 0.4) is 0 Å². The van der Waals surface area contributed by atoms with E-state index in [9.17, 15) is 22.8 Å². The van der Waals surface area contributed by atoms with Gasteiger partial charge in [0, 0.05) is 17.7 Å². The van der Waals surface area contributed by atoms with Gasteiger partial charge in [0.1, 0.15) is 17.3 Å². The highest BCUT2D eigenvalue weighted by molar-refractivity contribution is 5.97. The van der Waals surface area contributed by atoms with Crippen molar-refractivity contribution >= 4 is 17.6 Å². The van der Waals surface area contributed by atoms with Gasteiger partial charge in [-0.25, -0.2) is 4.98 Å². The van der Waals surface area contributed by atoms with Crippen LogP contribution in [0.25, 0.3) is 0 Å². The van der Waals surface area contributed by atoms with Crippen molar-refractivity contribution in [3.05, 3.63) is 47.2 Å². The standard InChI is InChI=1S/C22H26F3N3O4/c1-12(2)20(29)28-19-9-15(8-13(3)26-19)14(4)27-21(30)17-7-6-16(10-18(17)31-5)32-11-22(23,24)25/h6-10,12,14H,11H2,1-5H3,(H,27,30)(H,26,28,29). The number of pyridine rings is 1. The first-order valence-corrected chi connectivity index (χ1v) is 9.87. The monoisotopic (exact) mass is 453 g/mol. The summed E-state index contributed by atoms with van der Waals surface area (Å²) in [5.41, 5.74) is 1.51. The molecule has 174 valence electrons. The number of ether oxygens (including phenoxy) is 2. The zero-order valence-electron chi connectivity index (χ0n) is 18.5. The van der Waals surface area contributed by atoms with Crippen molar-refractivity contribution in [1.82, 2.24) is 10.3 Å². The highest BCUT2D eigenvalue weighted by atomic mass is 19.4. The number of methoxy groups -OCH3 is 1.